The standard InChI is InChI=1S/C11H16FN3O/c1-14(2)6-7-15(3)11(16)9-4-5-13-8-10(9)12/h4-5,8H,6-7H2,1-3H3. The van der Waals surface area contributed by atoms with Crippen LogP contribution < -0.4 is 0 Å². The molecule has 16 heavy (non-hydrogen) atoms. The van der Waals surface area contributed by atoms with E-state index in [1.54, 1.807) is 7.05 Å². The van der Waals surface area contributed by atoms with Crippen molar-refractivity contribution in [2.75, 3.05) is 34.2 Å². The number of likely N-dealkylation sites (N-methyl/N-ethyl adjacent to an activating group) is 2. The minimum absolute atomic E-state index is 0.0660. The summed E-state index contributed by atoms with van der Waals surface area (Å²) < 4.78 is 13.3. The highest BCUT2D eigenvalue weighted by Crippen LogP contribution is 2.07. The first-order valence-corrected chi connectivity index (χ1v) is 5.02. The van der Waals surface area contributed by atoms with Gasteiger partial charge in [-0.05, 0) is 20.2 Å². The lowest BCUT2D eigenvalue weighted by atomic mass is 10.2. The smallest absolute Gasteiger partial charge is 0.256 e. The number of carbonyl (C=O) groups is 1. The molecule has 0 aliphatic carbocycles. The monoisotopic (exact) mass is 225 g/mol. The van der Waals surface area contributed by atoms with E-state index >= 15 is 0 Å². The third-order valence-electron chi connectivity index (χ3n) is 2.23. The molecule has 5 heteroatoms. The lowest BCUT2D eigenvalue weighted by molar-refractivity contribution is 0.0781. The molecule has 1 heterocycles. The fourth-order valence-corrected chi connectivity index (χ4v) is 1.21. The molecular weight excluding hydrogens is 209 g/mol. The van der Waals surface area contributed by atoms with Crippen LogP contribution in [0.5, 0.6) is 0 Å². The number of pyridine rings is 1. The zero-order valence-electron chi connectivity index (χ0n) is 9.77. The van der Waals surface area contributed by atoms with E-state index < -0.39 is 5.82 Å². The summed E-state index contributed by atoms with van der Waals surface area (Å²) in [6.45, 7) is 1.31. The summed E-state index contributed by atoms with van der Waals surface area (Å²) >= 11 is 0. The van der Waals surface area contributed by atoms with Gasteiger partial charge in [0.2, 0.25) is 0 Å². The lowest BCUT2D eigenvalue weighted by Gasteiger charge is -2.19. The maximum absolute atomic E-state index is 13.3. The van der Waals surface area contributed by atoms with Gasteiger partial charge >= 0.3 is 0 Å². The van der Waals surface area contributed by atoms with E-state index in [1.165, 1.54) is 17.2 Å². The molecule has 1 rings (SSSR count). The van der Waals surface area contributed by atoms with Crippen LogP contribution in [0.3, 0.4) is 0 Å². The fraction of sp³-hybridized carbons (Fsp3) is 0.455. The van der Waals surface area contributed by atoms with Gasteiger partial charge in [-0.15, -0.1) is 0 Å². The normalized spacial score (nSPS) is 10.6. The molecule has 0 spiro atoms. The second kappa shape index (κ2) is 5.55. The van der Waals surface area contributed by atoms with Crippen LogP contribution in [-0.4, -0.2) is 54.9 Å². The number of hydrogen-bond acceptors (Lipinski definition) is 3. The Labute approximate surface area is 94.7 Å². The molecule has 0 aliphatic heterocycles. The van der Waals surface area contributed by atoms with Crippen molar-refractivity contribution >= 4 is 5.91 Å². The molecule has 1 amide bonds. The fourth-order valence-electron chi connectivity index (χ4n) is 1.21. The predicted octanol–water partition coefficient (Wildman–Crippen LogP) is 0.854. The molecule has 0 aromatic carbocycles. The van der Waals surface area contributed by atoms with Gasteiger partial charge in [-0.3, -0.25) is 9.78 Å². The minimum Gasteiger partial charge on any atom is -0.340 e. The molecule has 0 radical (unpaired) electrons. The molecule has 4 nitrogen and oxygen atoms in total. The molecule has 0 fully saturated rings. The molecule has 88 valence electrons. The number of hydrogen-bond donors (Lipinski definition) is 0. The third kappa shape index (κ3) is 3.27. The van der Waals surface area contributed by atoms with Crippen LogP contribution in [0.25, 0.3) is 0 Å². The number of nitrogens with zero attached hydrogens (tertiary/aromatic N) is 3. The van der Waals surface area contributed by atoms with Gasteiger partial charge < -0.3 is 9.80 Å². The SMILES string of the molecule is CN(C)CCN(C)C(=O)c1ccncc1F. The number of rotatable bonds is 4. The summed E-state index contributed by atoms with van der Waals surface area (Å²) in [5.41, 5.74) is 0.0660. The summed E-state index contributed by atoms with van der Waals surface area (Å²) in [6, 6.07) is 1.39. The first-order chi connectivity index (χ1) is 7.52. The van der Waals surface area contributed by atoms with E-state index in [4.69, 9.17) is 0 Å². The number of halogens is 1. The highest BCUT2D eigenvalue weighted by Gasteiger charge is 2.15. The first-order valence-electron chi connectivity index (χ1n) is 5.02. The molecule has 0 aliphatic rings. The maximum atomic E-state index is 13.3. The summed E-state index contributed by atoms with van der Waals surface area (Å²) in [5.74, 6) is -0.897. The van der Waals surface area contributed by atoms with Crippen LogP contribution in [0.15, 0.2) is 18.5 Å². The zero-order chi connectivity index (χ0) is 12.1. The van der Waals surface area contributed by atoms with Crippen molar-refractivity contribution in [1.82, 2.24) is 14.8 Å². The van der Waals surface area contributed by atoms with Gasteiger partial charge in [-0.2, -0.15) is 0 Å². The van der Waals surface area contributed by atoms with Crippen molar-refractivity contribution in [2.24, 2.45) is 0 Å². The zero-order valence-corrected chi connectivity index (χ0v) is 9.77. The Morgan fingerprint density at radius 3 is 2.62 bits per heavy atom. The molecule has 0 saturated carbocycles. The van der Waals surface area contributed by atoms with Crippen LogP contribution in [-0.2, 0) is 0 Å². The van der Waals surface area contributed by atoms with Gasteiger partial charge in [0.1, 0.15) is 0 Å². The Morgan fingerprint density at radius 2 is 2.06 bits per heavy atom. The van der Waals surface area contributed by atoms with Crippen molar-refractivity contribution in [3.63, 3.8) is 0 Å². The Balaban J connectivity index is 2.67. The average molecular weight is 225 g/mol. The van der Waals surface area contributed by atoms with Crippen molar-refractivity contribution in [3.05, 3.63) is 29.8 Å². The van der Waals surface area contributed by atoms with Gasteiger partial charge in [0.05, 0.1) is 11.8 Å². The van der Waals surface area contributed by atoms with Crippen molar-refractivity contribution in [2.45, 2.75) is 0 Å². The van der Waals surface area contributed by atoms with Crippen LogP contribution in [0.1, 0.15) is 10.4 Å². The lowest BCUT2D eigenvalue weighted by Crippen LogP contribution is -2.33. The summed E-state index contributed by atoms with van der Waals surface area (Å²) in [6.07, 6.45) is 2.46. The Morgan fingerprint density at radius 1 is 1.38 bits per heavy atom. The second-order valence-corrected chi connectivity index (χ2v) is 3.89. The molecule has 1 aromatic heterocycles. The quantitative estimate of drug-likeness (QED) is 0.762. The summed E-state index contributed by atoms with van der Waals surface area (Å²) in [7, 11) is 5.50. The molecule has 0 atom stereocenters. The molecular formula is C11H16FN3O. The predicted molar refractivity (Wildman–Crippen MR) is 59.7 cm³/mol. The van der Waals surface area contributed by atoms with E-state index in [0.29, 0.717) is 6.54 Å². The topological polar surface area (TPSA) is 36.4 Å². The molecule has 0 saturated heterocycles. The van der Waals surface area contributed by atoms with Gasteiger partial charge in [0.15, 0.2) is 5.82 Å². The van der Waals surface area contributed by atoms with Crippen molar-refractivity contribution in [1.29, 1.82) is 0 Å². The van der Waals surface area contributed by atoms with Gasteiger partial charge in [0, 0.05) is 26.3 Å². The van der Waals surface area contributed by atoms with E-state index in [1.807, 2.05) is 19.0 Å². The first kappa shape index (κ1) is 12.6. The number of aromatic nitrogens is 1. The van der Waals surface area contributed by atoms with Crippen molar-refractivity contribution in [3.8, 4) is 0 Å². The number of amides is 1. The summed E-state index contributed by atoms with van der Waals surface area (Å²) in [4.78, 5) is 18.9. The molecule has 0 unspecified atom stereocenters. The van der Waals surface area contributed by atoms with Crippen LogP contribution in [0, 0.1) is 5.82 Å². The van der Waals surface area contributed by atoms with E-state index in [0.717, 1.165) is 12.7 Å². The summed E-state index contributed by atoms with van der Waals surface area (Å²) in [5, 5.41) is 0. The van der Waals surface area contributed by atoms with Gasteiger partial charge in [-0.1, -0.05) is 0 Å². The highest BCUT2D eigenvalue weighted by atomic mass is 19.1. The molecule has 1 aromatic rings. The Kier molecular flexibility index (Phi) is 4.37. The van der Waals surface area contributed by atoms with E-state index in [2.05, 4.69) is 4.98 Å². The van der Waals surface area contributed by atoms with Gasteiger partial charge in [-0.25, -0.2) is 4.39 Å². The largest absolute Gasteiger partial charge is 0.340 e. The Hall–Kier alpha value is -1.49. The van der Waals surface area contributed by atoms with E-state index in [9.17, 15) is 9.18 Å². The van der Waals surface area contributed by atoms with Crippen LogP contribution in [0.2, 0.25) is 0 Å². The van der Waals surface area contributed by atoms with Gasteiger partial charge in [0.25, 0.3) is 5.91 Å². The number of carbonyl (C=O) groups excluding carboxylic acids is 1. The van der Waals surface area contributed by atoms with Crippen LogP contribution in [0.4, 0.5) is 4.39 Å². The highest BCUT2D eigenvalue weighted by molar-refractivity contribution is 5.94. The molecule has 0 bridgehead atoms. The molecule has 0 N–H and O–H groups in total. The maximum Gasteiger partial charge on any atom is 0.256 e. The minimum atomic E-state index is -0.579. The van der Waals surface area contributed by atoms with Crippen molar-refractivity contribution < 1.29 is 9.18 Å². The Bertz CT molecular complexity index is 368. The van der Waals surface area contributed by atoms with E-state index in [-0.39, 0.29) is 11.5 Å². The van der Waals surface area contributed by atoms with Crippen LogP contribution >= 0.6 is 0 Å². The average Bonchev–Trinajstić information content (AvgIpc) is 2.25. The third-order valence-corrected chi connectivity index (χ3v) is 2.23. The second-order valence-electron chi connectivity index (χ2n) is 3.89.